The summed E-state index contributed by atoms with van der Waals surface area (Å²) in [6.07, 6.45) is 0.850. The Morgan fingerprint density at radius 1 is 1.00 bits per heavy atom. The van der Waals surface area contributed by atoms with Gasteiger partial charge in [0.05, 0.1) is 5.41 Å². The van der Waals surface area contributed by atoms with Gasteiger partial charge in [-0.05, 0) is 56.4 Å². The van der Waals surface area contributed by atoms with Gasteiger partial charge in [0.25, 0.3) is 5.91 Å². The first kappa shape index (κ1) is 18.0. The quantitative estimate of drug-likeness (QED) is 0.813. The molecule has 26 heavy (non-hydrogen) atoms. The van der Waals surface area contributed by atoms with Crippen LogP contribution in [0.4, 0.5) is 0 Å². The van der Waals surface area contributed by atoms with Crippen molar-refractivity contribution in [1.29, 1.82) is 0 Å². The topological polar surface area (TPSA) is 67.4 Å². The van der Waals surface area contributed by atoms with Crippen LogP contribution < -0.4 is 15.6 Å². The van der Waals surface area contributed by atoms with Gasteiger partial charge in [-0.2, -0.15) is 0 Å². The summed E-state index contributed by atoms with van der Waals surface area (Å²) in [5, 5.41) is 0. The Hall–Kier alpha value is -2.82. The second-order valence-corrected chi connectivity index (χ2v) is 6.85. The van der Waals surface area contributed by atoms with Crippen molar-refractivity contribution in [3.63, 3.8) is 0 Å². The molecule has 1 saturated carbocycles. The van der Waals surface area contributed by atoms with E-state index in [4.69, 9.17) is 4.74 Å². The third kappa shape index (κ3) is 3.57. The van der Waals surface area contributed by atoms with Crippen LogP contribution in [0, 0.1) is 13.8 Å². The van der Waals surface area contributed by atoms with Crippen LogP contribution in [0.5, 0.6) is 5.75 Å². The van der Waals surface area contributed by atoms with E-state index in [1.807, 2.05) is 62.4 Å². The standard InChI is InChI=1S/C21H24N2O3/c1-14-8-7-11-18(15(14)2)26-16(3)19(24)22-23-20(25)21(12-13-21)17-9-5-4-6-10-17/h4-11,16H,12-13H2,1-3H3,(H,22,24)(H,23,25). The highest BCUT2D eigenvalue weighted by Gasteiger charge is 2.51. The molecular formula is C21H24N2O3. The lowest BCUT2D eigenvalue weighted by molar-refractivity contribution is -0.133. The Balaban J connectivity index is 1.57. The number of aryl methyl sites for hydroxylation is 1. The summed E-state index contributed by atoms with van der Waals surface area (Å²) in [7, 11) is 0. The molecule has 2 N–H and O–H groups in total. The third-order valence-electron chi connectivity index (χ3n) is 5.04. The van der Waals surface area contributed by atoms with Crippen LogP contribution >= 0.6 is 0 Å². The number of carbonyl (C=O) groups excluding carboxylic acids is 2. The highest BCUT2D eigenvalue weighted by atomic mass is 16.5. The van der Waals surface area contributed by atoms with Gasteiger partial charge < -0.3 is 4.74 Å². The van der Waals surface area contributed by atoms with Crippen LogP contribution in [-0.4, -0.2) is 17.9 Å². The van der Waals surface area contributed by atoms with Crippen LogP contribution in [0.3, 0.4) is 0 Å². The SMILES string of the molecule is Cc1cccc(OC(C)C(=O)NNC(=O)C2(c3ccccc3)CC2)c1C. The minimum atomic E-state index is -0.720. The van der Waals surface area contributed by atoms with Gasteiger partial charge >= 0.3 is 0 Å². The van der Waals surface area contributed by atoms with Gasteiger partial charge in [0.1, 0.15) is 5.75 Å². The molecule has 0 saturated heterocycles. The fraction of sp³-hybridized carbons (Fsp3) is 0.333. The molecule has 0 aromatic heterocycles. The second-order valence-electron chi connectivity index (χ2n) is 6.85. The van der Waals surface area contributed by atoms with Crippen molar-refractivity contribution < 1.29 is 14.3 Å². The van der Waals surface area contributed by atoms with E-state index in [0.29, 0.717) is 5.75 Å². The Kier molecular flexibility index (Phi) is 4.98. The molecule has 3 rings (SSSR count). The molecule has 1 fully saturated rings. The number of hydrogen-bond acceptors (Lipinski definition) is 3. The third-order valence-corrected chi connectivity index (χ3v) is 5.04. The van der Waals surface area contributed by atoms with Crippen LogP contribution in [0.2, 0.25) is 0 Å². The van der Waals surface area contributed by atoms with E-state index < -0.39 is 11.5 Å². The van der Waals surface area contributed by atoms with Crippen LogP contribution in [-0.2, 0) is 15.0 Å². The molecule has 0 bridgehead atoms. The number of ether oxygens (including phenoxy) is 1. The molecular weight excluding hydrogens is 328 g/mol. The normalized spacial score (nSPS) is 15.7. The molecule has 0 spiro atoms. The summed E-state index contributed by atoms with van der Waals surface area (Å²) in [5.74, 6) is 0.0982. The largest absolute Gasteiger partial charge is 0.481 e. The average molecular weight is 352 g/mol. The minimum Gasteiger partial charge on any atom is -0.481 e. The van der Waals surface area contributed by atoms with E-state index in [-0.39, 0.29) is 11.8 Å². The Bertz CT molecular complexity index is 813. The molecule has 2 aromatic carbocycles. The average Bonchev–Trinajstić information content (AvgIpc) is 3.46. The van der Waals surface area contributed by atoms with Gasteiger partial charge in [0, 0.05) is 0 Å². The molecule has 0 radical (unpaired) electrons. The first-order chi connectivity index (χ1) is 12.4. The van der Waals surface area contributed by atoms with Gasteiger partial charge in [-0.3, -0.25) is 20.4 Å². The number of rotatable bonds is 5. The lowest BCUT2D eigenvalue weighted by atomic mass is 9.95. The highest BCUT2D eigenvalue weighted by Crippen LogP contribution is 2.48. The van der Waals surface area contributed by atoms with Crippen molar-refractivity contribution in [1.82, 2.24) is 10.9 Å². The molecule has 0 heterocycles. The fourth-order valence-electron chi connectivity index (χ4n) is 2.96. The van der Waals surface area contributed by atoms with E-state index in [1.54, 1.807) is 6.92 Å². The second kappa shape index (κ2) is 7.20. The Morgan fingerprint density at radius 2 is 1.69 bits per heavy atom. The minimum absolute atomic E-state index is 0.184. The molecule has 5 heteroatoms. The van der Waals surface area contributed by atoms with Crippen LogP contribution in [0.25, 0.3) is 0 Å². The number of benzene rings is 2. The van der Waals surface area contributed by atoms with Crippen LogP contribution in [0.15, 0.2) is 48.5 Å². The van der Waals surface area contributed by atoms with E-state index in [1.165, 1.54) is 0 Å². The van der Waals surface area contributed by atoms with Gasteiger partial charge in [-0.1, -0.05) is 42.5 Å². The fourth-order valence-corrected chi connectivity index (χ4v) is 2.96. The van der Waals surface area contributed by atoms with Crippen molar-refractivity contribution in [2.24, 2.45) is 0 Å². The van der Waals surface area contributed by atoms with Crippen molar-refractivity contribution in [2.75, 3.05) is 0 Å². The maximum Gasteiger partial charge on any atom is 0.279 e. The zero-order valence-electron chi connectivity index (χ0n) is 15.3. The summed E-state index contributed by atoms with van der Waals surface area (Å²) in [5.41, 5.74) is 7.60. The number of nitrogens with one attached hydrogen (secondary N) is 2. The van der Waals surface area contributed by atoms with Gasteiger partial charge in [-0.15, -0.1) is 0 Å². The van der Waals surface area contributed by atoms with Gasteiger partial charge in [0.15, 0.2) is 6.10 Å². The lowest BCUT2D eigenvalue weighted by Crippen LogP contribution is -2.50. The monoisotopic (exact) mass is 352 g/mol. The summed E-state index contributed by atoms with van der Waals surface area (Å²) in [4.78, 5) is 24.8. The molecule has 1 unspecified atom stereocenters. The number of carbonyl (C=O) groups is 2. The maximum absolute atomic E-state index is 12.5. The van der Waals surface area contributed by atoms with Crippen LogP contribution in [0.1, 0.15) is 36.5 Å². The number of hydrazine groups is 1. The summed E-state index contributed by atoms with van der Waals surface area (Å²) in [6, 6.07) is 15.4. The number of hydrogen-bond donors (Lipinski definition) is 2. The summed E-state index contributed by atoms with van der Waals surface area (Å²) < 4.78 is 5.74. The van der Waals surface area contributed by atoms with Crippen molar-refractivity contribution in [3.8, 4) is 5.75 Å². The highest BCUT2D eigenvalue weighted by molar-refractivity contribution is 5.93. The summed E-state index contributed by atoms with van der Waals surface area (Å²) >= 11 is 0. The lowest BCUT2D eigenvalue weighted by Gasteiger charge is -2.19. The zero-order chi connectivity index (χ0) is 18.7. The molecule has 1 atom stereocenters. The molecule has 2 aromatic rings. The smallest absolute Gasteiger partial charge is 0.279 e. The zero-order valence-corrected chi connectivity index (χ0v) is 15.3. The Labute approximate surface area is 153 Å². The molecule has 1 aliphatic rings. The first-order valence-corrected chi connectivity index (χ1v) is 8.83. The van der Waals surface area contributed by atoms with Gasteiger partial charge in [-0.25, -0.2) is 0 Å². The Morgan fingerprint density at radius 3 is 2.35 bits per heavy atom. The number of amides is 2. The molecule has 2 amide bonds. The first-order valence-electron chi connectivity index (χ1n) is 8.83. The summed E-state index contributed by atoms with van der Waals surface area (Å²) in [6.45, 7) is 5.60. The van der Waals surface area contributed by atoms with Crippen molar-refractivity contribution in [3.05, 3.63) is 65.2 Å². The van der Waals surface area contributed by atoms with Crippen molar-refractivity contribution in [2.45, 2.75) is 45.1 Å². The van der Waals surface area contributed by atoms with Crippen molar-refractivity contribution >= 4 is 11.8 Å². The predicted molar refractivity (Wildman–Crippen MR) is 99.6 cm³/mol. The van der Waals surface area contributed by atoms with Gasteiger partial charge in [0.2, 0.25) is 5.91 Å². The van der Waals surface area contributed by atoms with E-state index >= 15 is 0 Å². The van der Waals surface area contributed by atoms with E-state index in [9.17, 15) is 9.59 Å². The van der Waals surface area contributed by atoms with E-state index in [2.05, 4.69) is 10.9 Å². The molecule has 0 aliphatic heterocycles. The maximum atomic E-state index is 12.5. The molecule has 5 nitrogen and oxygen atoms in total. The molecule has 1 aliphatic carbocycles. The molecule has 136 valence electrons. The van der Waals surface area contributed by atoms with E-state index in [0.717, 1.165) is 29.5 Å². The predicted octanol–water partition coefficient (Wildman–Crippen LogP) is 2.95.